The van der Waals surface area contributed by atoms with Gasteiger partial charge in [-0.15, -0.1) is 11.3 Å². The second kappa shape index (κ2) is 6.28. The zero-order chi connectivity index (χ0) is 15.6. The Bertz CT molecular complexity index is 605. The highest BCUT2D eigenvalue weighted by Crippen LogP contribution is 2.30. The number of anilines is 1. The lowest BCUT2D eigenvalue weighted by Crippen LogP contribution is -2.19. The van der Waals surface area contributed by atoms with Crippen LogP contribution in [0.3, 0.4) is 0 Å². The van der Waals surface area contributed by atoms with Crippen LogP contribution >= 0.6 is 22.9 Å². The molecule has 0 bridgehead atoms. The van der Waals surface area contributed by atoms with Crippen molar-refractivity contribution in [1.82, 2.24) is 15.0 Å². The lowest BCUT2D eigenvalue weighted by molar-refractivity contribution is 0.544. The van der Waals surface area contributed by atoms with Crippen LogP contribution in [-0.4, -0.2) is 15.0 Å². The van der Waals surface area contributed by atoms with Crippen molar-refractivity contribution in [2.75, 3.05) is 5.32 Å². The molecule has 1 N–H and O–H groups in total. The van der Waals surface area contributed by atoms with Gasteiger partial charge in [0.15, 0.2) is 0 Å². The molecule has 0 saturated heterocycles. The van der Waals surface area contributed by atoms with Crippen LogP contribution in [0.1, 0.15) is 56.6 Å². The first kappa shape index (κ1) is 16.2. The van der Waals surface area contributed by atoms with E-state index in [1.807, 2.05) is 18.5 Å². The van der Waals surface area contributed by atoms with E-state index in [1.54, 1.807) is 11.3 Å². The molecule has 6 heteroatoms. The van der Waals surface area contributed by atoms with E-state index in [1.165, 1.54) is 0 Å². The summed E-state index contributed by atoms with van der Waals surface area (Å²) in [5.41, 5.74) is 0.732. The maximum Gasteiger partial charge on any atom is 0.137 e. The van der Waals surface area contributed by atoms with Gasteiger partial charge in [0.1, 0.15) is 21.8 Å². The molecule has 2 heterocycles. The summed E-state index contributed by atoms with van der Waals surface area (Å²) in [4.78, 5) is 13.5. The lowest BCUT2D eigenvalue weighted by Gasteiger charge is -2.22. The minimum atomic E-state index is -0.142. The molecular weight excluding hydrogens is 304 g/mol. The number of nitrogens with zero attached hydrogens (tertiary/aromatic N) is 3. The number of hydrogen-bond donors (Lipinski definition) is 1. The molecule has 0 aliphatic carbocycles. The molecule has 0 aromatic carbocycles. The fourth-order valence-electron chi connectivity index (χ4n) is 1.88. The maximum absolute atomic E-state index is 6.27. The first-order valence-electron chi connectivity index (χ1n) is 7.03. The number of aromatic nitrogens is 3. The topological polar surface area (TPSA) is 50.7 Å². The second-order valence-corrected chi connectivity index (χ2v) is 7.32. The molecule has 0 amide bonds. The lowest BCUT2D eigenvalue weighted by atomic mass is 9.95. The summed E-state index contributed by atoms with van der Waals surface area (Å²) < 4.78 is 0. The third-order valence-electron chi connectivity index (χ3n) is 3.23. The zero-order valence-electron chi connectivity index (χ0n) is 13.1. The van der Waals surface area contributed by atoms with Gasteiger partial charge < -0.3 is 5.32 Å². The fourth-order valence-corrected chi connectivity index (χ4v) is 2.82. The first-order chi connectivity index (χ1) is 9.82. The van der Waals surface area contributed by atoms with Gasteiger partial charge in [-0.2, -0.15) is 0 Å². The van der Waals surface area contributed by atoms with Gasteiger partial charge in [-0.3, -0.25) is 0 Å². The summed E-state index contributed by atoms with van der Waals surface area (Å²) in [6.45, 7) is 10.3. The van der Waals surface area contributed by atoms with Gasteiger partial charge in [0, 0.05) is 22.6 Å². The van der Waals surface area contributed by atoms with Crippen LogP contribution < -0.4 is 5.32 Å². The minimum absolute atomic E-state index is 0.141. The quantitative estimate of drug-likeness (QED) is 0.824. The molecule has 2 aromatic rings. The second-order valence-electron chi connectivity index (χ2n) is 6.04. The average molecular weight is 325 g/mol. The van der Waals surface area contributed by atoms with Crippen LogP contribution in [0, 0.1) is 6.92 Å². The highest BCUT2D eigenvalue weighted by Gasteiger charge is 2.22. The highest BCUT2D eigenvalue weighted by molar-refractivity contribution is 7.09. The van der Waals surface area contributed by atoms with Crippen LogP contribution in [0.25, 0.3) is 0 Å². The summed E-state index contributed by atoms with van der Waals surface area (Å²) in [7, 11) is 0. The van der Waals surface area contributed by atoms with Crippen LogP contribution in [-0.2, 0) is 5.41 Å². The van der Waals surface area contributed by atoms with E-state index in [-0.39, 0.29) is 11.5 Å². The Hall–Kier alpha value is -1.20. The molecule has 0 aliphatic heterocycles. The normalized spacial score (nSPS) is 13.2. The van der Waals surface area contributed by atoms with Crippen molar-refractivity contribution < 1.29 is 0 Å². The molecule has 0 radical (unpaired) electrons. The standard InChI is InChI=1S/C15H21ClN4S/c1-6-10(13-17-7-8-21-13)18-12-9(2)11(16)19-14(20-12)15(3,4)5/h7-8,10H,6H2,1-5H3,(H,18,19,20). The molecule has 114 valence electrons. The summed E-state index contributed by atoms with van der Waals surface area (Å²) in [6, 6.07) is 0.141. The van der Waals surface area contributed by atoms with E-state index in [0.717, 1.165) is 28.6 Å². The number of hydrogen-bond acceptors (Lipinski definition) is 5. The fraction of sp³-hybridized carbons (Fsp3) is 0.533. The molecule has 21 heavy (non-hydrogen) atoms. The monoisotopic (exact) mass is 324 g/mol. The predicted octanol–water partition coefficient (Wildman–Crippen LogP) is 4.76. The Morgan fingerprint density at radius 3 is 2.57 bits per heavy atom. The molecule has 0 aliphatic rings. The highest BCUT2D eigenvalue weighted by atomic mass is 35.5. The molecular formula is C15H21ClN4S. The molecule has 0 spiro atoms. The first-order valence-corrected chi connectivity index (χ1v) is 8.29. The Kier molecular flexibility index (Phi) is 4.84. The number of thiazole rings is 1. The van der Waals surface area contributed by atoms with Crippen LogP contribution in [0.5, 0.6) is 0 Å². The summed E-state index contributed by atoms with van der Waals surface area (Å²) >= 11 is 7.92. The van der Waals surface area contributed by atoms with E-state index in [2.05, 4.69) is 48.0 Å². The predicted molar refractivity (Wildman–Crippen MR) is 89.2 cm³/mol. The number of nitrogens with one attached hydrogen (secondary N) is 1. The van der Waals surface area contributed by atoms with Crippen molar-refractivity contribution in [3.8, 4) is 0 Å². The molecule has 2 aromatic heterocycles. The van der Waals surface area contributed by atoms with Crippen LogP contribution in [0.15, 0.2) is 11.6 Å². The molecule has 1 unspecified atom stereocenters. The molecule has 2 rings (SSSR count). The number of rotatable bonds is 4. The van der Waals surface area contributed by atoms with Crippen LogP contribution in [0.4, 0.5) is 5.82 Å². The third-order valence-corrected chi connectivity index (χ3v) is 4.48. The van der Waals surface area contributed by atoms with Crippen molar-refractivity contribution in [1.29, 1.82) is 0 Å². The van der Waals surface area contributed by atoms with Gasteiger partial charge in [0.2, 0.25) is 0 Å². The Morgan fingerprint density at radius 1 is 1.33 bits per heavy atom. The minimum Gasteiger partial charge on any atom is -0.360 e. The van der Waals surface area contributed by atoms with Gasteiger partial charge in [-0.05, 0) is 13.3 Å². The SMILES string of the molecule is CCC(Nc1nc(C(C)(C)C)nc(Cl)c1C)c1nccs1. The summed E-state index contributed by atoms with van der Waals surface area (Å²) in [5, 5.41) is 7.02. The summed E-state index contributed by atoms with van der Waals surface area (Å²) in [5.74, 6) is 1.54. The smallest absolute Gasteiger partial charge is 0.137 e. The summed E-state index contributed by atoms with van der Waals surface area (Å²) in [6.07, 6.45) is 2.75. The zero-order valence-corrected chi connectivity index (χ0v) is 14.6. The van der Waals surface area contributed by atoms with Gasteiger partial charge in [-0.1, -0.05) is 39.3 Å². The van der Waals surface area contributed by atoms with E-state index in [0.29, 0.717) is 5.15 Å². The Balaban J connectivity index is 2.37. The Labute approximate surface area is 135 Å². The maximum atomic E-state index is 6.27. The van der Waals surface area contributed by atoms with Crippen molar-refractivity contribution >= 4 is 28.8 Å². The van der Waals surface area contributed by atoms with Crippen molar-refractivity contribution in [2.24, 2.45) is 0 Å². The Morgan fingerprint density at radius 2 is 2.05 bits per heavy atom. The van der Waals surface area contributed by atoms with Crippen LogP contribution in [0.2, 0.25) is 5.15 Å². The average Bonchev–Trinajstić information content (AvgIpc) is 2.93. The van der Waals surface area contributed by atoms with Gasteiger partial charge >= 0.3 is 0 Å². The number of halogens is 1. The van der Waals surface area contributed by atoms with E-state index < -0.39 is 0 Å². The van der Waals surface area contributed by atoms with Crippen molar-refractivity contribution in [2.45, 2.75) is 52.5 Å². The van der Waals surface area contributed by atoms with E-state index >= 15 is 0 Å². The third kappa shape index (κ3) is 3.71. The van der Waals surface area contributed by atoms with Crippen molar-refractivity contribution in [3.05, 3.63) is 33.1 Å². The largest absolute Gasteiger partial charge is 0.360 e. The molecule has 0 fully saturated rings. The van der Waals surface area contributed by atoms with E-state index in [4.69, 9.17) is 11.6 Å². The van der Waals surface area contributed by atoms with Crippen molar-refractivity contribution in [3.63, 3.8) is 0 Å². The molecule has 1 atom stereocenters. The van der Waals surface area contributed by atoms with E-state index in [9.17, 15) is 0 Å². The molecule has 0 saturated carbocycles. The van der Waals surface area contributed by atoms with Gasteiger partial charge in [0.05, 0.1) is 6.04 Å². The van der Waals surface area contributed by atoms with Gasteiger partial charge in [-0.25, -0.2) is 15.0 Å². The molecule has 4 nitrogen and oxygen atoms in total. The van der Waals surface area contributed by atoms with Gasteiger partial charge in [0.25, 0.3) is 0 Å².